The average molecular weight is 557 g/mol. The van der Waals surface area contributed by atoms with E-state index in [0.717, 1.165) is 29.6 Å². The van der Waals surface area contributed by atoms with Crippen LogP contribution in [0.4, 0.5) is 0 Å². The van der Waals surface area contributed by atoms with Gasteiger partial charge in [0.05, 0.1) is 0 Å². The monoisotopic (exact) mass is 556 g/mol. The first-order chi connectivity index (χ1) is 18.8. The maximum absolute atomic E-state index is 12.6. The zero-order valence-electron chi connectivity index (χ0n) is 25.7. The van der Waals surface area contributed by atoms with Gasteiger partial charge in [-0.25, -0.2) is 4.79 Å². The van der Waals surface area contributed by atoms with Gasteiger partial charge in [-0.3, -0.25) is 4.79 Å². The number of carbonyl (C=O) groups is 2. The fourth-order valence-corrected chi connectivity index (χ4v) is 4.31. The molecule has 0 unspecified atom stereocenters. The molecule has 1 aliphatic heterocycles. The Morgan fingerprint density at radius 3 is 2.48 bits per heavy atom. The molecular weight excluding hydrogens is 504 g/mol. The summed E-state index contributed by atoms with van der Waals surface area (Å²) in [5.41, 5.74) is 3.08. The number of unbranched alkanes of at least 4 members (excludes halogenated alkanes) is 1. The molecule has 0 spiro atoms. The van der Waals surface area contributed by atoms with Crippen molar-refractivity contribution in [1.82, 2.24) is 0 Å². The minimum Gasteiger partial charge on any atom is -0.462 e. The highest BCUT2D eigenvalue weighted by atomic mass is 16.5. The first-order valence-corrected chi connectivity index (χ1v) is 14.6. The summed E-state index contributed by atoms with van der Waals surface area (Å²) in [4.78, 5) is 24.9. The summed E-state index contributed by atoms with van der Waals surface area (Å²) in [6.45, 7) is 13.6. The van der Waals surface area contributed by atoms with Gasteiger partial charge in [0.25, 0.3) is 0 Å². The molecule has 1 heterocycles. The Morgan fingerprint density at radius 1 is 1.10 bits per heavy atom. The third kappa shape index (κ3) is 17.1. The van der Waals surface area contributed by atoms with E-state index in [1.165, 1.54) is 13.0 Å². The molecule has 1 aliphatic rings. The van der Waals surface area contributed by atoms with E-state index in [1.807, 2.05) is 45.1 Å². The molecule has 3 atom stereocenters. The van der Waals surface area contributed by atoms with Crippen molar-refractivity contribution in [2.45, 2.75) is 118 Å². The lowest BCUT2D eigenvalue weighted by Gasteiger charge is -2.24. The van der Waals surface area contributed by atoms with E-state index in [1.54, 1.807) is 6.08 Å². The maximum Gasteiger partial charge on any atom is 0.331 e. The molecule has 0 fully saturated rings. The SMILES string of the molecule is CC(=C\C=C\C(C)=C\CCCC(C)(O)O)/C=C(C)/C=C/C(=O)O[C@H]1CCCC(=O)O[C@@H](C(C)C)C/C=C/C[C@@H]1C. The predicted molar refractivity (Wildman–Crippen MR) is 162 cm³/mol. The molecule has 0 aromatic carbocycles. The summed E-state index contributed by atoms with van der Waals surface area (Å²) in [7, 11) is 0. The molecule has 0 bridgehead atoms. The van der Waals surface area contributed by atoms with Gasteiger partial charge in [0, 0.05) is 25.3 Å². The molecule has 40 heavy (non-hydrogen) atoms. The van der Waals surface area contributed by atoms with Crippen molar-refractivity contribution in [2.24, 2.45) is 11.8 Å². The lowest BCUT2D eigenvalue weighted by Crippen LogP contribution is -2.26. The highest BCUT2D eigenvalue weighted by Gasteiger charge is 2.23. The lowest BCUT2D eigenvalue weighted by atomic mass is 9.94. The molecular formula is C34H52O6. The van der Waals surface area contributed by atoms with E-state index in [2.05, 4.69) is 39.0 Å². The van der Waals surface area contributed by atoms with Crippen molar-refractivity contribution < 1.29 is 29.3 Å². The number of carbonyl (C=O) groups excluding carboxylic acids is 2. The average Bonchev–Trinajstić information content (AvgIpc) is 2.85. The number of aliphatic hydroxyl groups is 2. The molecule has 2 N–H and O–H groups in total. The third-order valence-electron chi connectivity index (χ3n) is 6.82. The lowest BCUT2D eigenvalue weighted by molar-refractivity contribution is -0.152. The van der Waals surface area contributed by atoms with Crippen LogP contribution in [0.3, 0.4) is 0 Å². The number of allylic oxidation sites excluding steroid dienone is 10. The van der Waals surface area contributed by atoms with Crippen LogP contribution < -0.4 is 0 Å². The molecule has 0 aromatic heterocycles. The number of esters is 2. The second-order valence-electron chi connectivity index (χ2n) is 11.6. The van der Waals surface area contributed by atoms with Crippen LogP contribution in [0.15, 0.2) is 71.4 Å². The molecule has 0 saturated carbocycles. The molecule has 1 rings (SSSR count). The van der Waals surface area contributed by atoms with Crippen molar-refractivity contribution in [3.63, 3.8) is 0 Å². The summed E-state index contributed by atoms with van der Waals surface area (Å²) in [5.74, 6) is -1.76. The highest BCUT2D eigenvalue weighted by molar-refractivity contribution is 5.82. The second kappa shape index (κ2) is 18.6. The Hall–Kier alpha value is -2.70. The number of ether oxygens (including phenoxy) is 2. The number of rotatable bonds is 11. The maximum atomic E-state index is 12.6. The Kier molecular flexibility index (Phi) is 16.4. The molecule has 6 nitrogen and oxygen atoms in total. The quantitative estimate of drug-likeness (QED) is 0.0686. The van der Waals surface area contributed by atoms with E-state index in [4.69, 9.17) is 9.47 Å². The van der Waals surface area contributed by atoms with Crippen LogP contribution in [0.5, 0.6) is 0 Å². The van der Waals surface area contributed by atoms with Crippen LogP contribution in [-0.4, -0.2) is 40.1 Å². The molecule has 0 saturated heterocycles. The normalized spacial score (nSPS) is 23.7. The minimum atomic E-state index is -1.61. The van der Waals surface area contributed by atoms with E-state index in [9.17, 15) is 19.8 Å². The first kappa shape index (κ1) is 35.3. The minimum absolute atomic E-state index is 0.0997. The molecule has 0 aliphatic carbocycles. The summed E-state index contributed by atoms with van der Waals surface area (Å²) >= 11 is 0. The van der Waals surface area contributed by atoms with Crippen LogP contribution in [0.1, 0.15) is 99.8 Å². The number of hydrogen-bond acceptors (Lipinski definition) is 6. The van der Waals surface area contributed by atoms with E-state index >= 15 is 0 Å². The fourth-order valence-electron chi connectivity index (χ4n) is 4.31. The topological polar surface area (TPSA) is 93.1 Å². The zero-order valence-corrected chi connectivity index (χ0v) is 25.7. The number of cyclic esters (lactones) is 1. The van der Waals surface area contributed by atoms with Crippen LogP contribution in [-0.2, 0) is 19.1 Å². The van der Waals surface area contributed by atoms with Crippen LogP contribution in [0.25, 0.3) is 0 Å². The van der Waals surface area contributed by atoms with E-state index < -0.39 is 5.79 Å². The zero-order chi connectivity index (χ0) is 30.1. The molecule has 224 valence electrons. The fraction of sp³-hybridized carbons (Fsp3) is 0.588. The van der Waals surface area contributed by atoms with Gasteiger partial charge in [-0.1, -0.05) is 86.1 Å². The van der Waals surface area contributed by atoms with Gasteiger partial charge in [0.15, 0.2) is 5.79 Å². The van der Waals surface area contributed by atoms with Gasteiger partial charge >= 0.3 is 11.9 Å². The van der Waals surface area contributed by atoms with Gasteiger partial charge in [-0.2, -0.15) is 0 Å². The standard InChI is InChI=1S/C34H52O6/c1-25(2)30-18-9-8-17-29(6)31(19-13-20-32(35)39-30)40-33(36)22-21-28(5)24-27(4)16-12-15-26(3)14-10-11-23-34(7,37)38/h8-9,12,14-16,21-22,24-25,29-31,37-38H,10-11,13,17-20,23H2,1-7H3/b9-8+,15-12+,22-21+,26-14+,27-16+,28-24+/t29-,30+,31-/m0/s1. The first-order valence-electron chi connectivity index (χ1n) is 14.6. The van der Waals surface area contributed by atoms with Crippen molar-refractivity contribution >= 4 is 11.9 Å². The Morgan fingerprint density at radius 2 is 1.80 bits per heavy atom. The molecule has 0 aromatic rings. The van der Waals surface area contributed by atoms with Crippen molar-refractivity contribution in [3.8, 4) is 0 Å². The van der Waals surface area contributed by atoms with Gasteiger partial charge in [0.1, 0.15) is 12.2 Å². The van der Waals surface area contributed by atoms with Crippen molar-refractivity contribution in [2.75, 3.05) is 0 Å². The molecule has 0 radical (unpaired) electrons. The number of hydrogen-bond donors (Lipinski definition) is 2. The Bertz CT molecular complexity index is 971. The van der Waals surface area contributed by atoms with Gasteiger partial charge in [0.2, 0.25) is 0 Å². The van der Waals surface area contributed by atoms with Crippen LogP contribution in [0.2, 0.25) is 0 Å². The van der Waals surface area contributed by atoms with Gasteiger partial charge in [-0.15, -0.1) is 0 Å². The summed E-state index contributed by atoms with van der Waals surface area (Å²) in [5, 5.41) is 18.7. The molecule has 6 heteroatoms. The van der Waals surface area contributed by atoms with Crippen molar-refractivity contribution in [3.05, 3.63) is 71.4 Å². The summed E-state index contributed by atoms with van der Waals surface area (Å²) in [6, 6.07) is 0. The van der Waals surface area contributed by atoms with Crippen LogP contribution in [0, 0.1) is 11.8 Å². The van der Waals surface area contributed by atoms with E-state index in [0.29, 0.717) is 38.5 Å². The van der Waals surface area contributed by atoms with Gasteiger partial charge < -0.3 is 19.7 Å². The Balaban J connectivity index is 2.67. The highest BCUT2D eigenvalue weighted by Crippen LogP contribution is 2.22. The Labute approximate surface area is 242 Å². The summed E-state index contributed by atoms with van der Waals surface area (Å²) in [6.07, 6.45) is 22.0. The molecule has 0 amide bonds. The predicted octanol–water partition coefficient (Wildman–Crippen LogP) is 7.44. The third-order valence-corrected chi connectivity index (χ3v) is 6.82. The van der Waals surface area contributed by atoms with Crippen LogP contribution >= 0.6 is 0 Å². The smallest absolute Gasteiger partial charge is 0.331 e. The largest absolute Gasteiger partial charge is 0.462 e. The van der Waals surface area contributed by atoms with Crippen molar-refractivity contribution in [1.29, 1.82) is 0 Å². The second-order valence-corrected chi connectivity index (χ2v) is 11.6. The van der Waals surface area contributed by atoms with Gasteiger partial charge in [-0.05, 0) is 71.6 Å². The van der Waals surface area contributed by atoms with E-state index in [-0.39, 0.29) is 36.0 Å². The summed E-state index contributed by atoms with van der Waals surface area (Å²) < 4.78 is 11.5.